The van der Waals surface area contributed by atoms with Gasteiger partial charge in [-0.15, -0.1) is 0 Å². The number of piperazine rings is 1. The molecular weight excluding hydrogens is 564 g/mol. The number of benzene rings is 1. The van der Waals surface area contributed by atoms with Crippen molar-refractivity contribution in [2.45, 2.75) is 78.6 Å². The Morgan fingerprint density at radius 3 is 2.23 bits per heavy atom. The zero-order chi connectivity index (χ0) is 32.6. The van der Waals surface area contributed by atoms with Gasteiger partial charge in [0.15, 0.2) is 0 Å². The highest BCUT2D eigenvalue weighted by atomic mass is 16.5. The summed E-state index contributed by atoms with van der Waals surface area (Å²) in [5.74, 6) is -2.08. The van der Waals surface area contributed by atoms with Gasteiger partial charge in [-0.1, -0.05) is 46.8 Å². The van der Waals surface area contributed by atoms with Crippen LogP contribution in [-0.2, 0) is 19.2 Å². The van der Waals surface area contributed by atoms with Gasteiger partial charge in [0.25, 0.3) is 5.91 Å². The molecule has 1 fully saturated rings. The maximum absolute atomic E-state index is 13.8. The van der Waals surface area contributed by atoms with Crippen LogP contribution in [0.1, 0.15) is 64.7 Å². The lowest BCUT2D eigenvalue weighted by molar-refractivity contribution is -0.144. The van der Waals surface area contributed by atoms with Crippen molar-refractivity contribution in [2.75, 3.05) is 46.4 Å². The van der Waals surface area contributed by atoms with Gasteiger partial charge in [-0.3, -0.25) is 24.0 Å². The molecule has 3 N–H and O–H groups in total. The number of carbonyl (C=O) groups is 5. The number of ether oxygens (including phenoxy) is 1. The van der Waals surface area contributed by atoms with Crippen LogP contribution >= 0.6 is 0 Å². The Balaban J connectivity index is 2.01. The molecule has 1 aromatic carbocycles. The van der Waals surface area contributed by atoms with Gasteiger partial charge >= 0.3 is 0 Å². The first-order valence-corrected chi connectivity index (χ1v) is 15.7. The quantitative estimate of drug-likeness (QED) is 0.454. The average molecular weight is 615 g/mol. The Hall–Kier alpha value is -3.67. The summed E-state index contributed by atoms with van der Waals surface area (Å²) in [7, 11) is 1.53. The van der Waals surface area contributed by atoms with Crippen LogP contribution in [0.15, 0.2) is 24.3 Å². The van der Waals surface area contributed by atoms with Gasteiger partial charge in [0.1, 0.15) is 30.5 Å². The summed E-state index contributed by atoms with van der Waals surface area (Å²) in [6.45, 7) is 14.7. The molecule has 3 rings (SSSR count). The summed E-state index contributed by atoms with van der Waals surface area (Å²) < 4.78 is 5.96. The molecule has 12 heteroatoms. The van der Waals surface area contributed by atoms with E-state index in [1.807, 2.05) is 27.7 Å². The summed E-state index contributed by atoms with van der Waals surface area (Å²) in [4.78, 5) is 73.4. The van der Waals surface area contributed by atoms with E-state index in [1.165, 1.54) is 11.9 Å². The lowest BCUT2D eigenvalue weighted by Gasteiger charge is -2.36. The third-order valence-corrected chi connectivity index (χ3v) is 8.23. The second kappa shape index (κ2) is 15.9. The summed E-state index contributed by atoms with van der Waals surface area (Å²) in [5, 5.41) is 8.57. The number of amides is 5. The molecule has 0 bridgehead atoms. The first kappa shape index (κ1) is 34.8. The van der Waals surface area contributed by atoms with Crippen molar-refractivity contribution in [1.82, 2.24) is 30.7 Å². The Labute approximate surface area is 261 Å². The highest BCUT2D eigenvalue weighted by Crippen LogP contribution is 2.20. The van der Waals surface area contributed by atoms with Crippen molar-refractivity contribution < 1.29 is 28.7 Å². The van der Waals surface area contributed by atoms with E-state index in [4.69, 9.17) is 4.74 Å². The number of fused-ring (bicyclic) bond motifs is 1. The predicted molar refractivity (Wildman–Crippen MR) is 167 cm³/mol. The van der Waals surface area contributed by atoms with Gasteiger partial charge in [-0.25, -0.2) is 0 Å². The first-order chi connectivity index (χ1) is 20.8. The van der Waals surface area contributed by atoms with Gasteiger partial charge in [0, 0.05) is 33.2 Å². The Bertz CT molecular complexity index is 1180. The molecule has 2 heterocycles. The molecule has 2 aliphatic heterocycles. The minimum atomic E-state index is -1.15. The summed E-state index contributed by atoms with van der Waals surface area (Å²) in [6, 6.07) is 3.33. The molecule has 1 saturated heterocycles. The van der Waals surface area contributed by atoms with Gasteiger partial charge in [0.2, 0.25) is 23.6 Å². The monoisotopic (exact) mass is 614 g/mol. The van der Waals surface area contributed by atoms with Gasteiger partial charge < -0.3 is 35.4 Å². The summed E-state index contributed by atoms with van der Waals surface area (Å²) in [6.07, 6.45) is 0.0210. The molecule has 0 unspecified atom stereocenters. The molecule has 1 aromatic rings. The van der Waals surface area contributed by atoms with Gasteiger partial charge in [0.05, 0.1) is 18.0 Å². The Morgan fingerprint density at radius 2 is 1.61 bits per heavy atom. The van der Waals surface area contributed by atoms with Crippen molar-refractivity contribution in [1.29, 1.82) is 0 Å². The van der Waals surface area contributed by atoms with Crippen molar-refractivity contribution >= 4 is 29.5 Å². The number of nitrogens with zero attached hydrogens (tertiary/aromatic N) is 3. The fourth-order valence-electron chi connectivity index (χ4n) is 5.47. The molecule has 2 aliphatic rings. The number of hydrogen-bond donors (Lipinski definition) is 3. The highest BCUT2D eigenvalue weighted by molar-refractivity contribution is 6.01. The topological polar surface area (TPSA) is 140 Å². The Kier molecular flexibility index (Phi) is 12.6. The molecular formula is C32H50N6O6. The van der Waals surface area contributed by atoms with Crippen molar-refractivity contribution in [3.63, 3.8) is 0 Å². The minimum Gasteiger partial charge on any atom is -0.491 e. The van der Waals surface area contributed by atoms with Crippen LogP contribution in [0, 0.1) is 11.8 Å². The molecule has 0 aromatic heterocycles. The average Bonchev–Trinajstić information content (AvgIpc) is 2.99. The normalized spacial score (nSPS) is 25.1. The number of para-hydroxylation sites is 1. The van der Waals surface area contributed by atoms with Crippen LogP contribution in [0.5, 0.6) is 5.75 Å². The summed E-state index contributed by atoms with van der Waals surface area (Å²) in [5.41, 5.74) is 0.208. The molecule has 0 saturated carbocycles. The fraction of sp³-hybridized carbons (Fsp3) is 0.656. The van der Waals surface area contributed by atoms with E-state index < -0.39 is 41.9 Å². The lowest BCUT2D eigenvalue weighted by Crippen LogP contribution is -2.58. The van der Waals surface area contributed by atoms with E-state index in [0.717, 1.165) is 6.54 Å². The molecule has 12 nitrogen and oxygen atoms in total. The van der Waals surface area contributed by atoms with E-state index in [0.29, 0.717) is 32.6 Å². The first-order valence-electron chi connectivity index (χ1n) is 15.7. The van der Waals surface area contributed by atoms with Crippen LogP contribution < -0.4 is 20.7 Å². The van der Waals surface area contributed by atoms with Crippen molar-refractivity contribution in [3.05, 3.63) is 29.8 Å². The van der Waals surface area contributed by atoms with Crippen molar-refractivity contribution in [2.24, 2.45) is 11.8 Å². The number of carbonyl (C=O) groups excluding carboxylic acids is 5. The van der Waals surface area contributed by atoms with Crippen LogP contribution in [0.2, 0.25) is 0 Å². The third-order valence-electron chi connectivity index (χ3n) is 8.23. The van der Waals surface area contributed by atoms with Crippen LogP contribution in [0.3, 0.4) is 0 Å². The maximum atomic E-state index is 13.8. The third kappa shape index (κ3) is 9.17. The second-order valence-electron chi connectivity index (χ2n) is 12.6. The predicted octanol–water partition coefficient (Wildman–Crippen LogP) is 1.25. The number of hydrogen-bond acceptors (Lipinski definition) is 7. The molecule has 0 aliphatic carbocycles. The molecule has 5 amide bonds. The standard InChI is InChI=1S/C32H50N6O6/c1-8-37-13-15-38(16-14-37)32(43)24-18-27(39)36(7)25(17-20(2)3)30(41)35-28(21(4)5)31(42)33-22(6)19-44-26-12-10-9-11-23(26)29(40)34-24/h9-12,20-22,24-25,28H,8,13-19H2,1-7H3,(H,33,42)(H,34,40)(H,35,41)/t22-,24-,25-,28+/m0/s1. The Morgan fingerprint density at radius 1 is 0.955 bits per heavy atom. The van der Waals surface area contributed by atoms with E-state index in [-0.39, 0.29) is 48.0 Å². The highest BCUT2D eigenvalue weighted by Gasteiger charge is 2.36. The largest absolute Gasteiger partial charge is 0.491 e. The lowest BCUT2D eigenvalue weighted by atomic mass is 9.98. The second-order valence-corrected chi connectivity index (χ2v) is 12.6. The number of nitrogens with one attached hydrogen (secondary N) is 3. The molecule has 244 valence electrons. The van der Waals surface area contributed by atoms with Gasteiger partial charge in [-0.05, 0) is 43.9 Å². The fourth-order valence-corrected chi connectivity index (χ4v) is 5.47. The number of rotatable bonds is 5. The van der Waals surface area contributed by atoms with Crippen molar-refractivity contribution in [3.8, 4) is 5.75 Å². The maximum Gasteiger partial charge on any atom is 0.255 e. The van der Waals surface area contributed by atoms with Crippen LogP contribution in [0.25, 0.3) is 0 Å². The van der Waals surface area contributed by atoms with E-state index in [9.17, 15) is 24.0 Å². The van der Waals surface area contributed by atoms with Crippen LogP contribution in [-0.4, -0.2) is 115 Å². The van der Waals surface area contributed by atoms with Crippen LogP contribution in [0.4, 0.5) is 0 Å². The van der Waals surface area contributed by atoms with E-state index in [2.05, 4.69) is 27.8 Å². The molecule has 0 radical (unpaired) electrons. The van der Waals surface area contributed by atoms with Gasteiger partial charge in [-0.2, -0.15) is 0 Å². The zero-order valence-electron chi connectivity index (χ0n) is 27.2. The minimum absolute atomic E-state index is 0.0575. The molecule has 44 heavy (non-hydrogen) atoms. The zero-order valence-corrected chi connectivity index (χ0v) is 27.2. The summed E-state index contributed by atoms with van der Waals surface area (Å²) >= 11 is 0. The van der Waals surface area contributed by atoms with E-state index in [1.54, 1.807) is 36.1 Å². The molecule has 4 atom stereocenters. The smallest absolute Gasteiger partial charge is 0.255 e. The van der Waals surface area contributed by atoms with E-state index >= 15 is 0 Å². The molecule has 0 spiro atoms. The SMILES string of the molecule is CCN1CCN(C(=O)[C@@H]2CC(=O)N(C)[C@@H](CC(C)C)C(=O)N[C@H](C(C)C)C(=O)N[C@@H](C)COc3ccccc3C(=O)N2)CC1. The number of likely N-dealkylation sites (N-methyl/N-ethyl adjacent to an activating group) is 2.